The van der Waals surface area contributed by atoms with Crippen molar-refractivity contribution in [1.82, 2.24) is 20.0 Å². The number of rotatable bonds is 7. The Labute approximate surface area is 214 Å². The lowest BCUT2D eigenvalue weighted by molar-refractivity contribution is -0.139. The minimum absolute atomic E-state index is 0.163. The second-order valence-corrected chi connectivity index (χ2v) is 8.83. The Kier molecular flexibility index (Phi) is 8.17. The second-order valence-electron chi connectivity index (χ2n) is 8.83. The van der Waals surface area contributed by atoms with Gasteiger partial charge in [0.15, 0.2) is 0 Å². The number of urea groups is 1. The van der Waals surface area contributed by atoms with Crippen molar-refractivity contribution < 1.29 is 27.9 Å². The van der Waals surface area contributed by atoms with Gasteiger partial charge in [-0.2, -0.15) is 0 Å². The predicted molar refractivity (Wildman–Crippen MR) is 132 cm³/mol. The lowest BCUT2D eigenvalue weighted by atomic mass is 9.94. The van der Waals surface area contributed by atoms with Gasteiger partial charge in [-0.15, -0.1) is 0 Å². The quantitative estimate of drug-likeness (QED) is 0.576. The molecule has 8 nitrogen and oxygen atoms in total. The van der Waals surface area contributed by atoms with Crippen LogP contribution >= 0.6 is 0 Å². The summed E-state index contributed by atoms with van der Waals surface area (Å²) < 4.78 is 32.2. The van der Waals surface area contributed by atoms with Crippen LogP contribution in [0.25, 0.3) is 0 Å². The minimum atomic E-state index is -0.786. The van der Waals surface area contributed by atoms with E-state index in [2.05, 4.69) is 10.2 Å². The van der Waals surface area contributed by atoms with E-state index in [1.807, 2.05) is 6.92 Å². The Hall–Kier alpha value is -3.79. The average Bonchev–Trinajstić information content (AvgIpc) is 2.89. The maximum atomic E-state index is 13.6. The van der Waals surface area contributed by atoms with E-state index in [1.165, 1.54) is 41.3 Å². The lowest BCUT2D eigenvalue weighted by Crippen LogP contribution is -2.53. The zero-order valence-corrected chi connectivity index (χ0v) is 20.9. The summed E-state index contributed by atoms with van der Waals surface area (Å²) in [4.78, 5) is 44.3. The molecule has 0 spiro atoms. The standard InChI is InChI=1S/C27H30F2N4O4/c1-3-33-22(17-31-13-15-32(16-14-31)25(34)19-7-11-21(29)12-8-19)23(26(35)37-4-2)24(30-27(33)36)18-5-9-20(28)10-6-18/h5-12,24H,3-4,13-17H2,1-2H3,(H,30,36). The van der Waals surface area contributed by atoms with E-state index in [9.17, 15) is 23.2 Å². The molecule has 37 heavy (non-hydrogen) atoms. The zero-order chi connectivity index (χ0) is 26.5. The molecule has 4 rings (SSSR count). The van der Waals surface area contributed by atoms with Crippen LogP contribution in [0.15, 0.2) is 59.8 Å². The molecule has 0 radical (unpaired) electrons. The first-order chi connectivity index (χ1) is 17.8. The van der Waals surface area contributed by atoms with Gasteiger partial charge in [0.2, 0.25) is 0 Å². The van der Waals surface area contributed by atoms with Gasteiger partial charge in [-0.05, 0) is 55.8 Å². The Morgan fingerprint density at radius 3 is 2.11 bits per heavy atom. The van der Waals surface area contributed by atoms with Gasteiger partial charge in [-0.1, -0.05) is 12.1 Å². The number of nitrogens with one attached hydrogen (secondary N) is 1. The predicted octanol–water partition coefficient (Wildman–Crippen LogP) is 3.33. The van der Waals surface area contributed by atoms with Crippen molar-refractivity contribution in [2.45, 2.75) is 19.9 Å². The molecule has 1 saturated heterocycles. The van der Waals surface area contributed by atoms with Crippen molar-refractivity contribution in [2.75, 3.05) is 45.9 Å². The first-order valence-corrected chi connectivity index (χ1v) is 12.3. The van der Waals surface area contributed by atoms with E-state index in [4.69, 9.17) is 4.74 Å². The van der Waals surface area contributed by atoms with Crippen LogP contribution in [0, 0.1) is 11.6 Å². The summed E-state index contributed by atoms with van der Waals surface area (Å²) in [7, 11) is 0. The van der Waals surface area contributed by atoms with Gasteiger partial charge < -0.3 is 15.0 Å². The molecule has 1 fully saturated rings. The number of ether oxygens (including phenoxy) is 1. The summed E-state index contributed by atoms with van der Waals surface area (Å²) in [5, 5.41) is 2.86. The third-order valence-corrected chi connectivity index (χ3v) is 6.58. The molecule has 0 saturated carbocycles. The molecule has 10 heteroatoms. The SMILES string of the molecule is CCOC(=O)C1=C(CN2CCN(C(=O)c3ccc(F)cc3)CC2)N(CC)C(=O)NC1c1ccc(F)cc1. The highest BCUT2D eigenvalue weighted by atomic mass is 19.1. The number of halogens is 2. The van der Waals surface area contributed by atoms with E-state index in [0.717, 1.165) is 0 Å². The number of carbonyl (C=O) groups is 3. The summed E-state index contributed by atoms with van der Waals surface area (Å²) in [5.74, 6) is -1.54. The van der Waals surface area contributed by atoms with Gasteiger partial charge >= 0.3 is 12.0 Å². The topological polar surface area (TPSA) is 82.2 Å². The average molecular weight is 513 g/mol. The second kappa shape index (κ2) is 11.5. The number of benzene rings is 2. The molecule has 3 amide bonds. The number of esters is 1. The fraction of sp³-hybridized carbons (Fsp3) is 0.370. The van der Waals surface area contributed by atoms with Crippen LogP contribution < -0.4 is 5.32 Å². The monoisotopic (exact) mass is 512 g/mol. The van der Waals surface area contributed by atoms with Crippen molar-refractivity contribution in [3.63, 3.8) is 0 Å². The summed E-state index contributed by atoms with van der Waals surface area (Å²) in [6.45, 7) is 6.25. The maximum Gasteiger partial charge on any atom is 0.338 e. The molecule has 0 aromatic heterocycles. The number of amides is 3. The fourth-order valence-corrected chi connectivity index (χ4v) is 4.66. The lowest BCUT2D eigenvalue weighted by Gasteiger charge is -2.40. The van der Waals surface area contributed by atoms with E-state index < -0.39 is 23.6 Å². The van der Waals surface area contributed by atoms with Crippen LogP contribution in [0.3, 0.4) is 0 Å². The van der Waals surface area contributed by atoms with Crippen molar-refractivity contribution >= 4 is 17.9 Å². The molecule has 2 aromatic rings. The Balaban J connectivity index is 1.58. The molecule has 2 aliphatic rings. The van der Waals surface area contributed by atoms with Crippen molar-refractivity contribution in [2.24, 2.45) is 0 Å². The normalized spacial score (nSPS) is 18.6. The van der Waals surface area contributed by atoms with Crippen molar-refractivity contribution in [3.8, 4) is 0 Å². The van der Waals surface area contributed by atoms with E-state index in [-0.39, 0.29) is 18.5 Å². The smallest absolute Gasteiger partial charge is 0.338 e. The maximum absolute atomic E-state index is 13.6. The molecular formula is C27H30F2N4O4. The molecular weight excluding hydrogens is 482 g/mol. The summed E-state index contributed by atoms with van der Waals surface area (Å²) in [6, 6.07) is 9.97. The number of carbonyl (C=O) groups excluding carboxylic acids is 3. The summed E-state index contributed by atoms with van der Waals surface area (Å²) in [5.41, 5.74) is 1.82. The highest BCUT2D eigenvalue weighted by Crippen LogP contribution is 2.32. The number of hydrogen-bond acceptors (Lipinski definition) is 5. The first-order valence-electron chi connectivity index (χ1n) is 12.3. The molecule has 0 aliphatic carbocycles. The number of likely N-dealkylation sites (N-methyl/N-ethyl adjacent to an activating group) is 1. The first kappa shape index (κ1) is 26.3. The zero-order valence-electron chi connectivity index (χ0n) is 20.9. The molecule has 1 unspecified atom stereocenters. The van der Waals surface area contributed by atoms with Crippen molar-refractivity contribution in [1.29, 1.82) is 0 Å². The van der Waals surface area contributed by atoms with Crippen LogP contribution in [0.4, 0.5) is 13.6 Å². The third kappa shape index (κ3) is 5.80. The van der Waals surface area contributed by atoms with Gasteiger partial charge in [-0.3, -0.25) is 14.6 Å². The van der Waals surface area contributed by atoms with Gasteiger partial charge in [0.05, 0.1) is 18.2 Å². The number of piperazine rings is 1. The van der Waals surface area contributed by atoms with Crippen LogP contribution in [-0.2, 0) is 9.53 Å². The van der Waals surface area contributed by atoms with E-state index >= 15 is 0 Å². The molecule has 1 N–H and O–H groups in total. The third-order valence-electron chi connectivity index (χ3n) is 6.58. The largest absolute Gasteiger partial charge is 0.463 e. The van der Waals surface area contributed by atoms with Gasteiger partial charge in [0.1, 0.15) is 11.6 Å². The minimum Gasteiger partial charge on any atom is -0.463 e. The highest BCUT2D eigenvalue weighted by molar-refractivity contribution is 5.95. The van der Waals surface area contributed by atoms with Crippen LogP contribution in [0.5, 0.6) is 0 Å². The number of hydrogen-bond donors (Lipinski definition) is 1. The fourth-order valence-electron chi connectivity index (χ4n) is 4.66. The Bertz CT molecular complexity index is 1180. The van der Waals surface area contributed by atoms with Gasteiger partial charge in [0, 0.05) is 50.5 Å². The highest BCUT2D eigenvalue weighted by Gasteiger charge is 2.38. The molecule has 2 aliphatic heterocycles. The molecule has 1 atom stereocenters. The van der Waals surface area contributed by atoms with Gasteiger partial charge in [0.25, 0.3) is 5.91 Å². The Morgan fingerprint density at radius 1 is 0.946 bits per heavy atom. The molecule has 196 valence electrons. The van der Waals surface area contributed by atoms with E-state index in [1.54, 1.807) is 24.0 Å². The van der Waals surface area contributed by atoms with Crippen LogP contribution in [0.2, 0.25) is 0 Å². The molecule has 0 bridgehead atoms. The Morgan fingerprint density at radius 2 is 1.54 bits per heavy atom. The summed E-state index contributed by atoms with van der Waals surface area (Å²) >= 11 is 0. The van der Waals surface area contributed by atoms with Crippen LogP contribution in [-0.4, -0.2) is 78.5 Å². The molecule has 2 aromatic carbocycles. The molecule has 2 heterocycles. The van der Waals surface area contributed by atoms with E-state index in [0.29, 0.717) is 61.7 Å². The number of nitrogens with zero attached hydrogens (tertiary/aromatic N) is 3. The van der Waals surface area contributed by atoms with Gasteiger partial charge in [-0.25, -0.2) is 18.4 Å². The van der Waals surface area contributed by atoms with Crippen molar-refractivity contribution in [3.05, 3.63) is 82.6 Å². The van der Waals surface area contributed by atoms with Crippen LogP contribution in [0.1, 0.15) is 35.8 Å². The summed E-state index contributed by atoms with van der Waals surface area (Å²) in [6.07, 6.45) is 0.